The number of nitrogens with zero attached hydrogens (tertiary/aromatic N) is 4. The van der Waals surface area contributed by atoms with Crippen molar-refractivity contribution in [2.45, 2.75) is 38.6 Å². The molecule has 1 aliphatic rings. The normalized spacial score (nSPS) is 18.1. The molecule has 0 saturated carbocycles. The van der Waals surface area contributed by atoms with Crippen LogP contribution in [-0.4, -0.2) is 38.5 Å². The van der Waals surface area contributed by atoms with Gasteiger partial charge in [0.1, 0.15) is 0 Å². The SMILES string of the molecule is CC(=O)N1CCCC1CCc1noc(-c2cccnc2)n1. The number of rotatable bonds is 4. The number of hydrogen-bond donors (Lipinski definition) is 0. The lowest BCUT2D eigenvalue weighted by Crippen LogP contribution is -2.33. The van der Waals surface area contributed by atoms with Gasteiger partial charge in [0.15, 0.2) is 5.82 Å². The zero-order valence-corrected chi connectivity index (χ0v) is 12.0. The average Bonchev–Trinajstić information content (AvgIpc) is 3.15. The van der Waals surface area contributed by atoms with Crippen molar-refractivity contribution in [3.8, 4) is 11.5 Å². The van der Waals surface area contributed by atoms with Crippen molar-refractivity contribution in [1.29, 1.82) is 0 Å². The molecule has 6 heteroatoms. The molecule has 6 nitrogen and oxygen atoms in total. The van der Waals surface area contributed by atoms with Crippen LogP contribution in [0.1, 0.15) is 32.0 Å². The van der Waals surface area contributed by atoms with Gasteiger partial charge in [0.25, 0.3) is 5.89 Å². The van der Waals surface area contributed by atoms with Crippen LogP contribution in [0.5, 0.6) is 0 Å². The smallest absolute Gasteiger partial charge is 0.259 e. The number of carbonyl (C=O) groups is 1. The third-order valence-electron chi connectivity index (χ3n) is 3.86. The Kier molecular flexibility index (Phi) is 3.94. The highest BCUT2D eigenvalue weighted by Gasteiger charge is 2.26. The predicted molar refractivity (Wildman–Crippen MR) is 76.3 cm³/mol. The van der Waals surface area contributed by atoms with E-state index in [2.05, 4.69) is 15.1 Å². The van der Waals surface area contributed by atoms with Gasteiger partial charge in [0.05, 0.1) is 5.56 Å². The highest BCUT2D eigenvalue weighted by atomic mass is 16.5. The van der Waals surface area contributed by atoms with Crippen LogP contribution in [0.25, 0.3) is 11.5 Å². The molecule has 0 bridgehead atoms. The van der Waals surface area contributed by atoms with Crippen LogP contribution in [0.3, 0.4) is 0 Å². The van der Waals surface area contributed by atoms with E-state index in [0.717, 1.165) is 37.8 Å². The Balaban J connectivity index is 1.62. The van der Waals surface area contributed by atoms with Crippen LogP contribution in [0, 0.1) is 0 Å². The third-order valence-corrected chi connectivity index (χ3v) is 3.86. The van der Waals surface area contributed by atoms with Crippen LogP contribution >= 0.6 is 0 Å². The van der Waals surface area contributed by atoms with Crippen molar-refractivity contribution in [3.05, 3.63) is 30.4 Å². The standard InChI is InChI=1S/C15H18N4O2/c1-11(20)19-9-3-5-13(19)6-7-14-17-15(21-18-14)12-4-2-8-16-10-12/h2,4,8,10,13H,3,5-7,9H2,1H3. The van der Waals surface area contributed by atoms with E-state index in [1.54, 1.807) is 19.3 Å². The predicted octanol–water partition coefficient (Wildman–Crippen LogP) is 2.08. The van der Waals surface area contributed by atoms with E-state index in [0.29, 0.717) is 17.8 Å². The largest absolute Gasteiger partial charge is 0.340 e. The maximum Gasteiger partial charge on any atom is 0.259 e. The summed E-state index contributed by atoms with van der Waals surface area (Å²) < 4.78 is 5.26. The quantitative estimate of drug-likeness (QED) is 0.860. The van der Waals surface area contributed by atoms with Gasteiger partial charge >= 0.3 is 0 Å². The molecule has 0 aliphatic carbocycles. The summed E-state index contributed by atoms with van der Waals surface area (Å²) in [6, 6.07) is 4.03. The van der Waals surface area contributed by atoms with Crippen LogP contribution < -0.4 is 0 Å². The Hall–Kier alpha value is -2.24. The van der Waals surface area contributed by atoms with Crippen molar-refractivity contribution in [2.75, 3.05) is 6.54 Å². The van der Waals surface area contributed by atoms with Gasteiger partial charge < -0.3 is 9.42 Å². The summed E-state index contributed by atoms with van der Waals surface area (Å²) in [6.45, 7) is 2.50. The second-order valence-electron chi connectivity index (χ2n) is 5.30. The number of carbonyl (C=O) groups excluding carboxylic acids is 1. The molecule has 1 saturated heterocycles. The molecule has 1 unspecified atom stereocenters. The first-order valence-corrected chi connectivity index (χ1v) is 7.24. The number of amides is 1. The highest BCUT2D eigenvalue weighted by Crippen LogP contribution is 2.22. The fraction of sp³-hybridized carbons (Fsp3) is 0.467. The first-order valence-electron chi connectivity index (χ1n) is 7.24. The third kappa shape index (κ3) is 3.09. The van der Waals surface area contributed by atoms with E-state index >= 15 is 0 Å². The van der Waals surface area contributed by atoms with Crippen LogP contribution in [-0.2, 0) is 11.2 Å². The van der Waals surface area contributed by atoms with Crippen LogP contribution in [0.4, 0.5) is 0 Å². The van der Waals surface area contributed by atoms with Gasteiger partial charge in [-0.25, -0.2) is 0 Å². The molecule has 0 N–H and O–H groups in total. The molecule has 0 aromatic carbocycles. The molecule has 1 amide bonds. The molecule has 2 aromatic rings. The fourth-order valence-corrected chi connectivity index (χ4v) is 2.81. The highest BCUT2D eigenvalue weighted by molar-refractivity contribution is 5.73. The second kappa shape index (κ2) is 6.03. The molecule has 3 rings (SSSR count). The minimum absolute atomic E-state index is 0.154. The van der Waals surface area contributed by atoms with E-state index in [4.69, 9.17) is 4.52 Å². The minimum atomic E-state index is 0.154. The summed E-state index contributed by atoms with van der Waals surface area (Å²) in [5.41, 5.74) is 0.822. The molecule has 0 spiro atoms. The summed E-state index contributed by atoms with van der Waals surface area (Å²) >= 11 is 0. The Morgan fingerprint density at radius 2 is 2.43 bits per heavy atom. The number of likely N-dealkylation sites (tertiary alicyclic amines) is 1. The van der Waals surface area contributed by atoms with E-state index in [1.165, 1.54) is 0 Å². The summed E-state index contributed by atoms with van der Waals surface area (Å²) in [5.74, 6) is 1.33. The van der Waals surface area contributed by atoms with Gasteiger partial charge in [0, 0.05) is 38.3 Å². The first kappa shape index (κ1) is 13.7. The maximum atomic E-state index is 11.5. The molecule has 1 fully saturated rings. The molecule has 2 aromatic heterocycles. The minimum Gasteiger partial charge on any atom is -0.340 e. The Morgan fingerprint density at radius 3 is 3.19 bits per heavy atom. The monoisotopic (exact) mass is 286 g/mol. The Bertz CT molecular complexity index is 611. The van der Waals surface area contributed by atoms with Crippen molar-refractivity contribution in [1.82, 2.24) is 20.0 Å². The summed E-state index contributed by atoms with van der Waals surface area (Å²) in [5, 5.41) is 4.01. The van der Waals surface area contributed by atoms with E-state index in [9.17, 15) is 4.79 Å². The lowest BCUT2D eigenvalue weighted by molar-refractivity contribution is -0.129. The van der Waals surface area contributed by atoms with E-state index in [1.807, 2.05) is 17.0 Å². The molecule has 3 heterocycles. The summed E-state index contributed by atoms with van der Waals surface area (Å²) in [7, 11) is 0. The molecule has 21 heavy (non-hydrogen) atoms. The number of hydrogen-bond acceptors (Lipinski definition) is 5. The van der Waals surface area contributed by atoms with Crippen molar-refractivity contribution < 1.29 is 9.32 Å². The zero-order valence-electron chi connectivity index (χ0n) is 12.0. The average molecular weight is 286 g/mol. The van der Waals surface area contributed by atoms with Crippen molar-refractivity contribution >= 4 is 5.91 Å². The Labute approximate surface area is 123 Å². The van der Waals surface area contributed by atoms with Crippen LogP contribution in [0.15, 0.2) is 29.0 Å². The van der Waals surface area contributed by atoms with Gasteiger partial charge in [-0.1, -0.05) is 5.16 Å². The van der Waals surface area contributed by atoms with Crippen LogP contribution in [0.2, 0.25) is 0 Å². The Morgan fingerprint density at radius 1 is 1.52 bits per heavy atom. The van der Waals surface area contributed by atoms with Gasteiger partial charge in [-0.2, -0.15) is 4.98 Å². The number of pyridine rings is 1. The first-order chi connectivity index (χ1) is 10.2. The van der Waals surface area contributed by atoms with E-state index < -0.39 is 0 Å². The lowest BCUT2D eigenvalue weighted by Gasteiger charge is -2.22. The molecule has 110 valence electrons. The van der Waals surface area contributed by atoms with Crippen molar-refractivity contribution in [2.24, 2.45) is 0 Å². The fourth-order valence-electron chi connectivity index (χ4n) is 2.81. The van der Waals surface area contributed by atoms with E-state index in [-0.39, 0.29) is 5.91 Å². The number of aromatic nitrogens is 3. The second-order valence-corrected chi connectivity index (χ2v) is 5.30. The maximum absolute atomic E-state index is 11.5. The van der Waals surface area contributed by atoms with Gasteiger partial charge in [-0.05, 0) is 31.4 Å². The van der Waals surface area contributed by atoms with Crippen molar-refractivity contribution in [3.63, 3.8) is 0 Å². The molecular formula is C15H18N4O2. The number of aryl methyl sites for hydroxylation is 1. The zero-order chi connectivity index (χ0) is 14.7. The molecule has 1 aliphatic heterocycles. The lowest BCUT2D eigenvalue weighted by atomic mass is 10.1. The molecular weight excluding hydrogens is 268 g/mol. The molecule has 1 atom stereocenters. The summed E-state index contributed by atoms with van der Waals surface area (Å²) in [4.78, 5) is 21.9. The van der Waals surface area contributed by atoms with Gasteiger partial charge in [-0.3, -0.25) is 9.78 Å². The summed E-state index contributed by atoms with van der Waals surface area (Å²) in [6.07, 6.45) is 7.15. The van der Waals surface area contributed by atoms with Gasteiger partial charge in [0.2, 0.25) is 5.91 Å². The topological polar surface area (TPSA) is 72.1 Å². The molecule has 0 radical (unpaired) electrons. The van der Waals surface area contributed by atoms with Gasteiger partial charge in [-0.15, -0.1) is 0 Å².